The summed E-state index contributed by atoms with van der Waals surface area (Å²) in [6, 6.07) is -0.588. The van der Waals surface area contributed by atoms with E-state index in [0.717, 1.165) is 6.42 Å². The van der Waals surface area contributed by atoms with E-state index >= 15 is 0 Å². The van der Waals surface area contributed by atoms with E-state index in [4.69, 9.17) is 10.5 Å². The average Bonchev–Trinajstić information content (AvgIpc) is 2.38. The van der Waals surface area contributed by atoms with Crippen LogP contribution in [-0.4, -0.2) is 44.2 Å². The Morgan fingerprint density at radius 2 is 2.00 bits per heavy atom. The number of carbonyl (C=O) groups is 2. The number of carbonyl (C=O) groups excluding carboxylic acids is 2. The Bertz CT molecular complexity index is 293. The molecule has 110 valence electrons. The van der Waals surface area contributed by atoms with Gasteiger partial charge in [-0.1, -0.05) is 19.9 Å². The van der Waals surface area contributed by atoms with E-state index in [1.54, 1.807) is 6.08 Å². The van der Waals surface area contributed by atoms with Crippen LogP contribution in [0.4, 0.5) is 0 Å². The average molecular weight is 271 g/mol. The van der Waals surface area contributed by atoms with E-state index in [9.17, 15) is 9.59 Å². The minimum atomic E-state index is -0.588. The van der Waals surface area contributed by atoms with Gasteiger partial charge in [-0.3, -0.25) is 9.59 Å². The van der Waals surface area contributed by atoms with Crippen molar-refractivity contribution in [2.24, 2.45) is 11.7 Å². The van der Waals surface area contributed by atoms with Crippen LogP contribution in [0.5, 0.6) is 0 Å². The lowest BCUT2D eigenvalue weighted by Gasteiger charge is -2.15. The lowest BCUT2D eigenvalue weighted by Crippen LogP contribution is -2.47. The highest BCUT2D eigenvalue weighted by molar-refractivity contribution is 5.87. The van der Waals surface area contributed by atoms with Crippen molar-refractivity contribution in [2.45, 2.75) is 26.3 Å². The van der Waals surface area contributed by atoms with Gasteiger partial charge < -0.3 is 21.1 Å². The zero-order valence-corrected chi connectivity index (χ0v) is 11.8. The minimum absolute atomic E-state index is 0.0429. The Hall–Kier alpha value is -1.40. The van der Waals surface area contributed by atoms with E-state index in [0.29, 0.717) is 19.8 Å². The smallest absolute Gasteiger partial charge is 0.239 e. The van der Waals surface area contributed by atoms with Crippen molar-refractivity contribution >= 4 is 11.8 Å². The van der Waals surface area contributed by atoms with Crippen LogP contribution in [0, 0.1) is 5.92 Å². The number of nitrogens with two attached hydrogens (primary N) is 1. The van der Waals surface area contributed by atoms with Gasteiger partial charge in [0.25, 0.3) is 0 Å². The van der Waals surface area contributed by atoms with E-state index in [1.165, 1.54) is 0 Å². The molecule has 0 spiro atoms. The number of ether oxygens (including phenoxy) is 1. The summed E-state index contributed by atoms with van der Waals surface area (Å²) >= 11 is 0. The number of hydrogen-bond donors (Lipinski definition) is 3. The summed E-state index contributed by atoms with van der Waals surface area (Å²) in [6.45, 7) is 8.67. The summed E-state index contributed by atoms with van der Waals surface area (Å²) in [5.74, 6) is -0.523. The summed E-state index contributed by atoms with van der Waals surface area (Å²) in [7, 11) is 0. The third kappa shape index (κ3) is 9.21. The van der Waals surface area contributed by atoms with E-state index in [-0.39, 0.29) is 24.3 Å². The van der Waals surface area contributed by atoms with Gasteiger partial charge in [-0.05, 0) is 12.3 Å². The van der Waals surface area contributed by atoms with Gasteiger partial charge in [-0.2, -0.15) is 0 Å². The fourth-order valence-electron chi connectivity index (χ4n) is 1.18. The molecule has 0 aliphatic carbocycles. The van der Waals surface area contributed by atoms with Gasteiger partial charge in [0.2, 0.25) is 11.8 Å². The highest BCUT2D eigenvalue weighted by Crippen LogP contribution is 1.97. The summed E-state index contributed by atoms with van der Waals surface area (Å²) < 4.78 is 5.23. The quantitative estimate of drug-likeness (QED) is 0.379. The molecule has 0 fully saturated rings. The van der Waals surface area contributed by atoms with E-state index in [1.807, 2.05) is 13.8 Å². The van der Waals surface area contributed by atoms with E-state index < -0.39 is 6.04 Å². The van der Waals surface area contributed by atoms with Crippen LogP contribution in [-0.2, 0) is 14.3 Å². The van der Waals surface area contributed by atoms with Gasteiger partial charge in [0, 0.05) is 6.54 Å². The standard InChI is InChI=1S/C13H25N3O3/c1-4-5-7-19-8-6-15-11(17)9-16-13(18)12(14)10(2)3/h4,10,12H,1,5-9,14H2,2-3H3,(H,15,17)(H,16,18)/t12-/m0/s1. The predicted molar refractivity (Wildman–Crippen MR) is 74.5 cm³/mol. The van der Waals surface area contributed by atoms with Gasteiger partial charge in [-0.15, -0.1) is 6.58 Å². The first-order valence-electron chi connectivity index (χ1n) is 6.47. The Morgan fingerprint density at radius 1 is 1.32 bits per heavy atom. The molecule has 0 radical (unpaired) electrons. The maximum Gasteiger partial charge on any atom is 0.239 e. The summed E-state index contributed by atoms with van der Waals surface area (Å²) in [6.07, 6.45) is 2.56. The molecule has 6 heteroatoms. The Kier molecular flexibility index (Phi) is 9.74. The van der Waals surface area contributed by atoms with Crippen molar-refractivity contribution in [1.82, 2.24) is 10.6 Å². The second kappa shape index (κ2) is 10.5. The normalized spacial score (nSPS) is 12.0. The molecular weight excluding hydrogens is 246 g/mol. The topological polar surface area (TPSA) is 93.5 Å². The fourth-order valence-corrected chi connectivity index (χ4v) is 1.18. The molecule has 0 unspecified atom stereocenters. The van der Waals surface area contributed by atoms with Crippen molar-refractivity contribution in [3.05, 3.63) is 12.7 Å². The third-order valence-electron chi connectivity index (χ3n) is 2.48. The molecule has 19 heavy (non-hydrogen) atoms. The molecule has 1 atom stereocenters. The van der Waals surface area contributed by atoms with Crippen LogP contribution in [0.1, 0.15) is 20.3 Å². The number of nitrogens with one attached hydrogen (secondary N) is 2. The number of amides is 2. The third-order valence-corrected chi connectivity index (χ3v) is 2.48. The lowest BCUT2D eigenvalue weighted by molar-refractivity contribution is -0.127. The Morgan fingerprint density at radius 3 is 2.58 bits per heavy atom. The zero-order chi connectivity index (χ0) is 14.7. The van der Waals surface area contributed by atoms with Crippen LogP contribution in [0.2, 0.25) is 0 Å². The van der Waals surface area contributed by atoms with Gasteiger partial charge in [0.15, 0.2) is 0 Å². The van der Waals surface area contributed by atoms with Crippen LogP contribution >= 0.6 is 0 Å². The van der Waals surface area contributed by atoms with E-state index in [2.05, 4.69) is 17.2 Å². The zero-order valence-electron chi connectivity index (χ0n) is 11.8. The van der Waals surface area contributed by atoms with Gasteiger partial charge in [0.05, 0.1) is 25.8 Å². The number of rotatable bonds is 10. The molecule has 0 aromatic rings. The first-order chi connectivity index (χ1) is 8.99. The SMILES string of the molecule is C=CCCOCCNC(=O)CNC(=O)[C@@H](N)C(C)C. The first-order valence-corrected chi connectivity index (χ1v) is 6.47. The maximum atomic E-state index is 11.5. The van der Waals surface area contributed by atoms with Crippen molar-refractivity contribution in [1.29, 1.82) is 0 Å². The summed E-state index contributed by atoms with van der Waals surface area (Å²) in [5, 5.41) is 5.13. The molecule has 0 aliphatic rings. The maximum absolute atomic E-state index is 11.5. The van der Waals surface area contributed by atoms with Crippen LogP contribution in [0.25, 0.3) is 0 Å². The molecule has 0 saturated heterocycles. The summed E-state index contributed by atoms with van der Waals surface area (Å²) in [4.78, 5) is 22.9. The fraction of sp³-hybridized carbons (Fsp3) is 0.692. The Labute approximate surface area is 114 Å². The largest absolute Gasteiger partial charge is 0.379 e. The highest BCUT2D eigenvalue weighted by Gasteiger charge is 2.17. The molecule has 0 aliphatic heterocycles. The van der Waals surface area contributed by atoms with Crippen LogP contribution in [0.15, 0.2) is 12.7 Å². The lowest BCUT2D eigenvalue weighted by atomic mass is 10.1. The second-order valence-corrected chi connectivity index (χ2v) is 4.53. The number of hydrogen-bond acceptors (Lipinski definition) is 4. The molecule has 0 rings (SSSR count). The van der Waals surface area contributed by atoms with Crippen molar-refractivity contribution in [2.75, 3.05) is 26.3 Å². The van der Waals surface area contributed by atoms with Crippen molar-refractivity contribution in [3.8, 4) is 0 Å². The predicted octanol–water partition coefficient (Wildman–Crippen LogP) is -0.205. The van der Waals surface area contributed by atoms with Crippen LogP contribution in [0.3, 0.4) is 0 Å². The first kappa shape index (κ1) is 17.6. The Balaban J connectivity index is 3.59. The molecule has 0 heterocycles. The summed E-state index contributed by atoms with van der Waals surface area (Å²) in [5.41, 5.74) is 5.64. The minimum Gasteiger partial charge on any atom is -0.379 e. The second-order valence-electron chi connectivity index (χ2n) is 4.53. The van der Waals surface area contributed by atoms with Crippen molar-refractivity contribution < 1.29 is 14.3 Å². The van der Waals surface area contributed by atoms with Crippen molar-refractivity contribution in [3.63, 3.8) is 0 Å². The van der Waals surface area contributed by atoms with Crippen LogP contribution < -0.4 is 16.4 Å². The molecule has 0 aromatic heterocycles. The molecule has 4 N–H and O–H groups in total. The molecule has 0 saturated carbocycles. The monoisotopic (exact) mass is 271 g/mol. The molecule has 2 amide bonds. The van der Waals surface area contributed by atoms with Gasteiger partial charge in [-0.25, -0.2) is 0 Å². The van der Waals surface area contributed by atoms with Gasteiger partial charge in [0.1, 0.15) is 0 Å². The molecule has 6 nitrogen and oxygen atoms in total. The molecule has 0 bridgehead atoms. The molecule has 0 aromatic carbocycles. The highest BCUT2D eigenvalue weighted by atomic mass is 16.5. The van der Waals surface area contributed by atoms with Gasteiger partial charge >= 0.3 is 0 Å². The molecular formula is C13H25N3O3.